The van der Waals surface area contributed by atoms with Gasteiger partial charge in [0.25, 0.3) is 5.91 Å². The van der Waals surface area contributed by atoms with Gasteiger partial charge in [-0.05, 0) is 50.1 Å². The average molecular weight is 560 g/mol. The maximum absolute atomic E-state index is 13.7. The normalized spacial score (nSPS) is 19.7. The number of aromatic nitrogens is 3. The number of sulfonamides is 1. The fourth-order valence-corrected chi connectivity index (χ4v) is 5.72. The van der Waals surface area contributed by atoms with Gasteiger partial charge in [-0.2, -0.15) is 0 Å². The van der Waals surface area contributed by atoms with Crippen molar-refractivity contribution < 1.29 is 17.6 Å². The third kappa shape index (κ3) is 6.03. The molecular formula is C25H27ClFN7O3S. The third-order valence-electron chi connectivity index (χ3n) is 6.72. The van der Waals surface area contributed by atoms with E-state index in [-0.39, 0.29) is 28.8 Å². The molecule has 0 aliphatic carbocycles. The zero-order chi connectivity index (χ0) is 27.0. The van der Waals surface area contributed by atoms with Crippen LogP contribution in [0.4, 0.5) is 21.8 Å². The summed E-state index contributed by atoms with van der Waals surface area (Å²) in [5, 5.41) is 3.30. The number of amides is 1. The topological polar surface area (TPSA) is 120 Å². The number of carbonyl (C=O) groups is 1. The number of nitrogens with one attached hydrogen (secondary N) is 2. The minimum absolute atomic E-state index is 0.00881. The van der Waals surface area contributed by atoms with E-state index in [1.807, 2.05) is 11.8 Å². The first-order chi connectivity index (χ1) is 18.0. The molecule has 2 atom stereocenters. The van der Waals surface area contributed by atoms with E-state index in [2.05, 4.69) is 29.9 Å². The SMILES string of the molecule is C[C@@H]1C[C@H](N2Cc3cnc(Nc4cc(F)cc(Cl)c4)nc3C2)CCN1C(=O)c1ccnc(NS(C)(=O)=O)c1. The minimum atomic E-state index is -3.49. The number of benzene rings is 1. The lowest BCUT2D eigenvalue weighted by molar-refractivity contribution is 0.0460. The number of hydrogen-bond donors (Lipinski definition) is 2. The van der Waals surface area contributed by atoms with Crippen molar-refractivity contribution >= 4 is 45.0 Å². The Kier molecular flexibility index (Phi) is 7.21. The van der Waals surface area contributed by atoms with E-state index < -0.39 is 15.8 Å². The molecule has 1 aromatic carbocycles. The molecule has 10 nitrogen and oxygen atoms in total. The first-order valence-electron chi connectivity index (χ1n) is 12.1. The molecule has 5 rings (SSSR count). The number of nitrogens with zero attached hydrogens (tertiary/aromatic N) is 5. The molecule has 0 spiro atoms. The molecule has 0 bridgehead atoms. The molecule has 1 fully saturated rings. The Bertz CT molecular complexity index is 1470. The van der Waals surface area contributed by atoms with E-state index in [0.717, 1.165) is 36.9 Å². The van der Waals surface area contributed by atoms with Crippen LogP contribution < -0.4 is 10.0 Å². The van der Waals surface area contributed by atoms with Crippen LogP contribution in [0.25, 0.3) is 0 Å². The quantitative estimate of drug-likeness (QED) is 0.468. The first-order valence-corrected chi connectivity index (χ1v) is 14.4. The Morgan fingerprint density at radius 2 is 2.00 bits per heavy atom. The maximum Gasteiger partial charge on any atom is 0.254 e. The van der Waals surface area contributed by atoms with Crippen LogP contribution in [0.5, 0.6) is 0 Å². The molecule has 2 N–H and O–H groups in total. The molecule has 200 valence electrons. The summed E-state index contributed by atoms with van der Waals surface area (Å²) in [5.41, 5.74) is 2.82. The van der Waals surface area contributed by atoms with Crippen LogP contribution in [-0.2, 0) is 23.1 Å². The molecule has 0 saturated carbocycles. The van der Waals surface area contributed by atoms with Crippen LogP contribution in [0, 0.1) is 5.82 Å². The van der Waals surface area contributed by atoms with E-state index in [1.165, 1.54) is 24.4 Å². The Balaban J connectivity index is 1.21. The Hall–Kier alpha value is -3.35. The molecule has 0 radical (unpaired) electrons. The highest BCUT2D eigenvalue weighted by atomic mass is 35.5. The number of piperidine rings is 1. The summed E-state index contributed by atoms with van der Waals surface area (Å²) in [6, 6.07) is 7.49. The second-order valence-electron chi connectivity index (χ2n) is 9.68. The third-order valence-corrected chi connectivity index (χ3v) is 7.52. The minimum Gasteiger partial charge on any atom is -0.336 e. The molecular weight excluding hydrogens is 533 g/mol. The highest BCUT2D eigenvalue weighted by Gasteiger charge is 2.35. The van der Waals surface area contributed by atoms with E-state index in [9.17, 15) is 17.6 Å². The van der Waals surface area contributed by atoms with Crippen molar-refractivity contribution in [2.24, 2.45) is 0 Å². The lowest BCUT2D eigenvalue weighted by Gasteiger charge is -2.41. The molecule has 2 aliphatic rings. The van der Waals surface area contributed by atoms with Gasteiger partial charge in [-0.3, -0.25) is 14.4 Å². The van der Waals surface area contributed by atoms with Gasteiger partial charge in [0.1, 0.15) is 11.6 Å². The standard InChI is InChI=1S/C25H27ClFN7O3S/c1-15-7-21(4-6-34(15)24(35)16-3-5-28-23(8-16)32-38(2,36)37)33-13-17-12-29-25(31-22(17)14-33)30-20-10-18(26)9-19(27)11-20/h3,5,8-12,15,21H,4,6-7,13-14H2,1-2H3,(H,28,32)(H,29,30,31)/t15-,21-/m1/s1. The van der Waals surface area contributed by atoms with Gasteiger partial charge in [0.2, 0.25) is 16.0 Å². The molecule has 1 saturated heterocycles. The predicted molar refractivity (Wildman–Crippen MR) is 142 cm³/mol. The van der Waals surface area contributed by atoms with Crippen molar-refractivity contribution in [1.82, 2.24) is 24.8 Å². The number of halogens is 2. The Morgan fingerprint density at radius 1 is 1.18 bits per heavy atom. The molecule has 13 heteroatoms. The molecule has 0 unspecified atom stereocenters. The first kappa shape index (κ1) is 26.3. The fourth-order valence-electron chi connectivity index (χ4n) is 5.01. The van der Waals surface area contributed by atoms with Crippen molar-refractivity contribution in [3.05, 3.63) is 70.4 Å². The molecule has 2 aromatic heterocycles. The van der Waals surface area contributed by atoms with Crippen molar-refractivity contribution in [3.8, 4) is 0 Å². The number of carbonyl (C=O) groups excluding carboxylic acids is 1. The molecule has 2 aliphatic heterocycles. The monoisotopic (exact) mass is 559 g/mol. The van der Waals surface area contributed by atoms with Gasteiger partial charge >= 0.3 is 0 Å². The summed E-state index contributed by atoms with van der Waals surface area (Å²) in [6.07, 6.45) is 5.84. The van der Waals surface area contributed by atoms with Gasteiger partial charge in [0.15, 0.2) is 0 Å². The van der Waals surface area contributed by atoms with E-state index in [1.54, 1.807) is 18.3 Å². The fraction of sp³-hybridized carbons (Fsp3) is 0.360. The van der Waals surface area contributed by atoms with E-state index in [0.29, 0.717) is 30.3 Å². The van der Waals surface area contributed by atoms with E-state index >= 15 is 0 Å². The van der Waals surface area contributed by atoms with Gasteiger partial charge in [0.05, 0.1) is 11.9 Å². The van der Waals surface area contributed by atoms with Crippen LogP contribution in [0.2, 0.25) is 5.02 Å². The molecule has 4 heterocycles. The van der Waals surface area contributed by atoms with Crippen LogP contribution in [-0.4, -0.2) is 64.0 Å². The second-order valence-corrected chi connectivity index (χ2v) is 11.9. The summed E-state index contributed by atoms with van der Waals surface area (Å²) in [7, 11) is -3.49. The van der Waals surface area contributed by atoms with Gasteiger partial charge in [-0.25, -0.2) is 27.8 Å². The predicted octanol–water partition coefficient (Wildman–Crippen LogP) is 3.79. The number of fused-ring (bicyclic) bond motifs is 1. The van der Waals surface area contributed by atoms with Crippen LogP contribution in [0.1, 0.15) is 41.4 Å². The number of pyridine rings is 1. The number of rotatable bonds is 6. The van der Waals surface area contributed by atoms with Gasteiger partial charge in [0, 0.05) is 65.9 Å². The van der Waals surface area contributed by atoms with Crippen LogP contribution in [0.15, 0.2) is 42.7 Å². The number of likely N-dealkylation sites (tertiary alicyclic amines) is 1. The summed E-state index contributed by atoms with van der Waals surface area (Å²) in [6.45, 7) is 3.98. The van der Waals surface area contributed by atoms with Gasteiger partial charge in [-0.1, -0.05) is 11.6 Å². The second kappa shape index (κ2) is 10.4. The highest BCUT2D eigenvalue weighted by molar-refractivity contribution is 7.92. The average Bonchev–Trinajstić information content (AvgIpc) is 3.25. The van der Waals surface area contributed by atoms with Crippen LogP contribution >= 0.6 is 11.6 Å². The molecule has 38 heavy (non-hydrogen) atoms. The van der Waals surface area contributed by atoms with Gasteiger partial charge in [-0.15, -0.1) is 0 Å². The van der Waals surface area contributed by atoms with E-state index in [4.69, 9.17) is 11.6 Å². The van der Waals surface area contributed by atoms with Crippen LogP contribution in [0.3, 0.4) is 0 Å². The number of anilines is 3. The Labute approximate surface area is 225 Å². The summed E-state index contributed by atoms with van der Waals surface area (Å²) >= 11 is 5.94. The van der Waals surface area contributed by atoms with Crippen molar-refractivity contribution in [3.63, 3.8) is 0 Å². The van der Waals surface area contributed by atoms with Gasteiger partial charge < -0.3 is 10.2 Å². The molecule has 1 amide bonds. The molecule has 3 aromatic rings. The lowest BCUT2D eigenvalue weighted by atomic mass is 9.96. The largest absolute Gasteiger partial charge is 0.336 e. The maximum atomic E-state index is 13.7. The summed E-state index contributed by atoms with van der Waals surface area (Å²) in [4.78, 5) is 30.4. The van der Waals surface area contributed by atoms with Crippen molar-refractivity contribution in [1.29, 1.82) is 0 Å². The summed E-state index contributed by atoms with van der Waals surface area (Å²) < 4.78 is 39.0. The van der Waals surface area contributed by atoms with Crippen molar-refractivity contribution in [2.45, 2.75) is 44.9 Å². The summed E-state index contributed by atoms with van der Waals surface area (Å²) in [5.74, 6) is -0.103. The number of hydrogen-bond acceptors (Lipinski definition) is 8. The highest BCUT2D eigenvalue weighted by Crippen LogP contribution is 2.31. The Morgan fingerprint density at radius 3 is 2.74 bits per heavy atom. The van der Waals surface area contributed by atoms with Crippen molar-refractivity contribution in [2.75, 3.05) is 22.8 Å². The lowest BCUT2D eigenvalue weighted by Crippen LogP contribution is -2.50. The smallest absolute Gasteiger partial charge is 0.254 e. The zero-order valence-corrected chi connectivity index (χ0v) is 22.4. The zero-order valence-electron chi connectivity index (χ0n) is 20.9.